The van der Waals surface area contributed by atoms with Gasteiger partial charge in [-0.2, -0.15) is 0 Å². The predicted molar refractivity (Wildman–Crippen MR) is 142 cm³/mol. The fourth-order valence-electron chi connectivity index (χ4n) is 5.43. The van der Waals surface area contributed by atoms with Gasteiger partial charge >= 0.3 is 6.09 Å². The number of halogens is 1. The third-order valence-electron chi connectivity index (χ3n) is 7.00. The Hall–Kier alpha value is -1.96. The van der Waals surface area contributed by atoms with E-state index in [1.165, 1.54) is 22.6 Å². The Balaban J connectivity index is 1.07. The Morgan fingerprint density at radius 1 is 1.11 bits per heavy atom. The van der Waals surface area contributed by atoms with Gasteiger partial charge in [0.1, 0.15) is 11.4 Å². The van der Waals surface area contributed by atoms with E-state index < -0.39 is 5.60 Å². The molecule has 0 saturated carbocycles. The van der Waals surface area contributed by atoms with Crippen molar-refractivity contribution in [3.8, 4) is 0 Å². The van der Waals surface area contributed by atoms with Crippen LogP contribution in [0, 0.1) is 5.41 Å². The van der Waals surface area contributed by atoms with Gasteiger partial charge in [0.2, 0.25) is 0 Å². The molecule has 2 saturated heterocycles. The first-order valence-electron chi connectivity index (χ1n) is 12.6. The minimum absolute atomic E-state index is 0.164. The number of amides is 1. The van der Waals surface area contributed by atoms with Gasteiger partial charge in [-0.1, -0.05) is 29.8 Å². The Morgan fingerprint density at radius 2 is 1.91 bits per heavy atom. The number of hydrogen-bond acceptors (Lipinski definition) is 6. The van der Waals surface area contributed by atoms with Crippen LogP contribution in [0.15, 0.2) is 46.3 Å². The van der Waals surface area contributed by atoms with E-state index >= 15 is 0 Å². The van der Waals surface area contributed by atoms with Crippen molar-refractivity contribution in [1.29, 1.82) is 0 Å². The number of aromatic nitrogens is 1. The van der Waals surface area contributed by atoms with Crippen LogP contribution < -0.4 is 4.90 Å². The Kier molecular flexibility index (Phi) is 6.94. The Labute approximate surface area is 218 Å². The second-order valence-electron chi connectivity index (χ2n) is 11.1. The van der Waals surface area contributed by atoms with Crippen LogP contribution in [0.4, 0.5) is 16.3 Å². The summed E-state index contributed by atoms with van der Waals surface area (Å²) in [7, 11) is 0. The summed E-state index contributed by atoms with van der Waals surface area (Å²) in [4.78, 5) is 26.3. The molecule has 0 radical (unpaired) electrons. The predicted octanol–water partition coefficient (Wildman–Crippen LogP) is 6.45. The lowest BCUT2D eigenvalue weighted by Crippen LogP contribution is -2.57. The number of hydrogen-bond donors (Lipinski definition) is 0. The van der Waals surface area contributed by atoms with Gasteiger partial charge < -0.3 is 19.4 Å². The molecule has 0 bridgehead atoms. The summed E-state index contributed by atoms with van der Waals surface area (Å²) in [6.45, 7) is 11.7. The molecule has 1 spiro atoms. The standard InChI is InChI=1S/C27H35ClN4O2S/c1-26(2,3)34-25(33)31-15-11-27(19-31)17-30(18-27)13-5-4-6-14-32-21-16-20(28)9-10-22(21)35-23-8-7-12-29-24(23)32/h7-10,12,16H,4-6,11,13-15,17-19H2,1-3H3. The van der Waals surface area contributed by atoms with Crippen molar-refractivity contribution >= 4 is 41.0 Å². The van der Waals surface area contributed by atoms with Crippen LogP contribution in [0.2, 0.25) is 5.02 Å². The van der Waals surface area contributed by atoms with Crippen LogP contribution in [0.1, 0.15) is 46.5 Å². The summed E-state index contributed by atoms with van der Waals surface area (Å²) in [5.74, 6) is 1.03. The molecule has 8 heteroatoms. The first-order valence-corrected chi connectivity index (χ1v) is 13.8. The van der Waals surface area contributed by atoms with Crippen LogP contribution in [0.3, 0.4) is 0 Å². The monoisotopic (exact) mass is 514 g/mol. The Bertz CT molecular complexity index is 1080. The van der Waals surface area contributed by atoms with Gasteiger partial charge in [0, 0.05) is 54.3 Å². The molecule has 3 aliphatic heterocycles. The van der Waals surface area contributed by atoms with Crippen molar-refractivity contribution < 1.29 is 9.53 Å². The van der Waals surface area contributed by atoms with Crippen LogP contribution in [0.25, 0.3) is 0 Å². The second kappa shape index (κ2) is 9.83. The lowest BCUT2D eigenvalue weighted by molar-refractivity contribution is -0.00227. The van der Waals surface area contributed by atoms with E-state index in [0.29, 0.717) is 0 Å². The van der Waals surface area contributed by atoms with Crippen molar-refractivity contribution in [2.45, 2.75) is 61.8 Å². The van der Waals surface area contributed by atoms with Crippen molar-refractivity contribution in [2.24, 2.45) is 5.41 Å². The lowest BCUT2D eigenvalue weighted by Gasteiger charge is -2.48. The number of nitrogens with zero attached hydrogens (tertiary/aromatic N) is 4. The maximum Gasteiger partial charge on any atom is 0.410 e. The summed E-state index contributed by atoms with van der Waals surface area (Å²) in [6, 6.07) is 10.3. The molecule has 0 atom stereocenters. The quantitative estimate of drug-likeness (QED) is 0.413. The highest BCUT2D eigenvalue weighted by molar-refractivity contribution is 7.99. The van der Waals surface area contributed by atoms with E-state index in [2.05, 4.69) is 33.0 Å². The maximum atomic E-state index is 12.4. The number of rotatable bonds is 6. The fourth-order valence-corrected chi connectivity index (χ4v) is 6.64. The highest BCUT2D eigenvalue weighted by atomic mass is 35.5. The van der Waals surface area contributed by atoms with E-state index in [1.54, 1.807) is 11.8 Å². The fraction of sp³-hybridized carbons (Fsp3) is 0.556. The van der Waals surface area contributed by atoms with Crippen molar-refractivity contribution in [3.63, 3.8) is 0 Å². The molecule has 6 nitrogen and oxygen atoms in total. The van der Waals surface area contributed by atoms with E-state index in [9.17, 15) is 4.79 Å². The van der Waals surface area contributed by atoms with Gasteiger partial charge in [-0.15, -0.1) is 0 Å². The Morgan fingerprint density at radius 3 is 2.71 bits per heavy atom. The highest BCUT2D eigenvalue weighted by Gasteiger charge is 2.48. The number of likely N-dealkylation sites (tertiary alicyclic amines) is 2. The zero-order valence-electron chi connectivity index (χ0n) is 20.9. The smallest absolute Gasteiger partial charge is 0.410 e. The topological polar surface area (TPSA) is 48.9 Å². The van der Waals surface area contributed by atoms with Crippen LogP contribution in [-0.2, 0) is 4.74 Å². The zero-order chi connectivity index (χ0) is 24.6. The van der Waals surface area contributed by atoms with Crippen molar-refractivity contribution in [1.82, 2.24) is 14.8 Å². The number of carbonyl (C=O) groups excluding carboxylic acids is 1. The molecule has 0 aliphatic carbocycles. The molecule has 4 heterocycles. The van der Waals surface area contributed by atoms with E-state index in [4.69, 9.17) is 16.3 Å². The molecule has 5 rings (SSSR count). The normalized spacial score (nSPS) is 18.9. The average molecular weight is 515 g/mol. The molecule has 1 aromatic carbocycles. The molecule has 3 aliphatic rings. The third-order valence-corrected chi connectivity index (χ3v) is 8.34. The van der Waals surface area contributed by atoms with Gasteiger partial charge in [0.05, 0.1) is 10.6 Å². The summed E-state index contributed by atoms with van der Waals surface area (Å²) >= 11 is 8.09. The van der Waals surface area contributed by atoms with Crippen LogP contribution in [-0.4, -0.2) is 65.7 Å². The first-order chi connectivity index (χ1) is 16.7. The number of fused-ring (bicyclic) bond motifs is 2. The largest absolute Gasteiger partial charge is 0.444 e. The minimum Gasteiger partial charge on any atom is -0.444 e. The average Bonchev–Trinajstić information content (AvgIpc) is 3.23. The van der Waals surface area contributed by atoms with E-state index in [0.717, 1.165) is 68.6 Å². The molecule has 1 amide bonds. The number of anilines is 2. The number of carbonyl (C=O) groups is 1. The van der Waals surface area contributed by atoms with Crippen LogP contribution >= 0.6 is 23.4 Å². The minimum atomic E-state index is -0.433. The lowest BCUT2D eigenvalue weighted by atomic mass is 9.79. The molecule has 2 aromatic rings. The van der Waals surface area contributed by atoms with Gasteiger partial charge in [-0.05, 0) is 76.9 Å². The number of benzene rings is 1. The molecular formula is C27H35ClN4O2S. The molecular weight excluding hydrogens is 480 g/mol. The number of pyridine rings is 1. The van der Waals surface area contributed by atoms with Crippen molar-refractivity contribution in [3.05, 3.63) is 41.6 Å². The summed E-state index contributed by atoms with van der Waals surface area (Å²) in [5, 5.41) is 0.762. The van der Waals surface area contributed by atoms with Gasteiger partial charge in [0.25, 0.3) is 0 Å². The molecule has 1 aromatic heterocycles. The maximum absolute atomic E-state index is 12.4. The second-order valence-corrected chi connectivity index (χ2v) is 12.6. The molecule has 0 N–H and O–H groups in total. The SMILES string of the molecule is CC(C)(C)OC(=O)N1CCC2(CN(CCCCCN3c4cc(Cl)ccc4Sc4cccnc43)C2)C1. The summed E-state index contributed by atoms with van der Waals surface area (Å²) in [5.41, 5.74) is 1.01. The van der Waals surface area contributed by atoms with Crippen molar-refractivity contribution in [2.75, 3.05) is 44.2 Å². The van der Waals surface area contributed by atoms with Gasteiger partial charge in [0.15, 0.2) is 0 Å². The summed E-state index contributed by atoms with van der Waals surface area (Å²) < 4.78 is 5.56. The van der Waals surface area contributed by atoms with Gasteiger partial charge in [-0.3, -0.25) is 0 Å². The zero-order valence-corrected chi connectivity index (χ0v) is 22.5. The van der Waals surface area contributed by atoms with Gasteiger partial charge in [-0.25, -0.2) is 9.78 Å². The molecule has 2 fully saturated rings. The number of unbranched alkanes of at least 4 members (excludes halogenated alkanes) is 2. The molecule has 0 unspecified atom stereocenters. The van der Waals surface area contributed by atoms with Crippen LogP contribution in [0.5, 0.6) is 0 Å². The number of ether oxygens (including phenoxy) is 1. The highest BCUT2D eigenvalue weighted by Crippen LogP contribution is 2.48. The third kappa shape index (κ3) is 5.57. The molecule has 188 valence electrons. The van der Waals surface area contributed by atoms with E-state index in [-0.39, 0.29) is 11.5 Å². The van der Waals surface area contributed by atoms with E-state index in [1.807, 2.05) is 44.0 Å². The first kappa shape index (κ1) is 24.7. The summed E-state index contributed by atoms with van der Waals surface area (Å²) in [6.07, 6.45) is 6.26. The molecule has 35 heavy (non-hydrogen) atoms.